The molecule has 1 saturated heterocycles. The van der Waals surface area contributed by atoms with Gasteiger partial charge in [0, 0.05) is 13.2 Å². The zero-order valence-electron chi connectivity index (χ0n) is 8.98. The molecule has 8 heteroatoms. The molecule has 1 aromatic heterocycles. The van der Waals surface area contributed by atoms with Gasteiger partial charge in [-0.25, -0.2) is 0 Å². The molecule has 94 valence electrons. The Morgan fingerprint density at radius 1 is 1.53 bits per heavy atom. The molecule has 1 aromatic rings. The zero-order chi connectivity index (χ0) is 12.3. The largest absolute Gasteiger partial charge is 0.394 e. The van der Waals surface area contributed by atoms with Crippen molar-refractivity contribution in [2.45, 2.75) is 18.4 Å². The van der Waals surface area contributed by atoms with Crippen molar-refractivity contribution in [1.82, 2.24) is 15.5 Å². The number of amides is 1. The molecule has 17 heavy (non-hydrogen) atoms. The first-order chi connectivity index (χ1) is 8.15. The van der Waals surface area contributed by atoms with Crippen LogP contribution in [0.3, 0.4) is 0 Å². The standard InChI is InChI=1S/C9H12ClN3O3S/c10-8-13-12-7(17-8)6(15)11-9(5-14)1-3-16-4-2-9/h14H,1-5H2,(H,11,15). The van der Waals surface area contributed by atoms with Crippen LogP contribution < -0.4 is 5.32 Å². The first kappa shape index (κ1) is 12.7. The Balaban J connectivity index is 2.05. The maximum Gasteiger partial charge on any atom is 0.282 e. The Kier molecular flexibility index (Phi) is 3.93. The Labute approximate surface area is 107 Å². The van der Waals surface area contributed by atoms with Crippen molar-refractivity contribution in [1.29, 1.82) is 0 Å². The number of ether oxygens (including phenoxy) is 1. The van der Waals surface area contributed by atoms with E-state index in [0.717, 1.165) is 11.3 Å². The highest BCUT2D eigenvalue weighted by Crippen LogP contribution is 2.22. The quantitative estimate of drug-likeness (QED) is 0.839. The number of carbonyl (C=O) groups excluding carboxylic acids is 1. The third kappa shape index (κ3) is 2.92. The van der Waals surface area contributed by atoms with Gasteiger partial charge in [-0.2, -0.15) is 0 Å². The molecule has 0 saturated carbocycles. The molecule has 2 rings (SSSR count). The summed E-state index contributed by atoms with van der Waals surface area (Å²) in [4.78, 5) is 11.9. The molecule has 1 aliphatic heterocycles. The van der Waals surface area contributed by atoms with Crippen molar-refractivity contribution in [3.8, 4) is 0 Å². The van der Waals surface area contributed by atoms with Gasteiger partial charge in [-0.1, -0.05) is 11.3 Å². The number of rotatable bonds is 3. The van der Waals surface area contributed by atoms with Crippen LogP contribution >= 0.6 is 22.9 Å². The molecule has 0 aliphatic carbocycles. The molecular formula is C9H12ClN3O3S. The Morgan fingerprint density at radius 3 is 2.76 bits per heavy atom. The predicted molar refractivity (Wildman–Crippen MR) is 62.3 cm³/mol. The second-order valence-electron chi connectivity index (χ2n) is 3.87. The highest BCUT2D eigenvalue weighted by Gasteiger charge is 2.34. The molecule has 0 unspecified atom stereocenters. The number of halogens is 1. The minimum atomic E-state index is -0.618. The summed E-state index contributed by atoms with van der Waals surface area (Å²) in [6, 6.07) is 0. The van der Waals surface area contributed by atoms with Gasteiger partial charge in [0.15, 0.2) is 0 Å². The highest BCUT2D eigenvalue weighted by molar-refractivity contribution is 7.17. The van der Waals surface area contributed by atoms with Crippen LogP contribution in [0.25, 0.3) is 0 Å². The van der Waals surface area contributed by atoms with Gasteiger partial charge in [-0.15, -0.1) is 10.2 Å². The molecule has 1 fully saturated rings. The summed E-state index contributed by atoms with van der Waals surface area (Å²) in [5.74, 6) is -0.356. The van der Waals surface area contributed by atoms with Crippen LogP contribution in [0.1, 0.15) is 22.6 Å². The van der Waals surface area contributed by atoms with Crippen molar-refractivity contribution >= 4 is 28.8 Å². The fourth-order valence-corrected chi connectivity index (χ4v) is 2.40. The number of aromatic nitrogens is 2. The molecule has 0 aromatic carbocycles. The van der Waals surface area contributed by atoms with Crippen molar-refractivity contribution in [3.63, 3.8) is 0 Å². The van der Waals surface area contributed by atoms with Gasteiger partial charge in [0.05, 0.1) is 12.1 Å². The summed E-state index contributed by atoms with van der Waals surface area (Å²) in [7, 11) is 0. The van der Waals surface area contributed by atoms with Crippen LogP contribution in [-0.4, -0.2) is 46.6 Å². The van der Waals surface area contributed by atoms with E-state index in [0.29, 0.717) is 26.1 Å². The van der Waals surface area contributed by atoms with Crippen LogP contribution in [0.15, 0.2) is 0 Å². The van der Waals surface area contributed by atoms with E-state index in [9.17, 15) is 9.90 Å². The van der Waals surface area contributed by atoms with Crippen molar-refractivity contribution < 1.29 is 14.6 Å². The van der Waals surface area contributed by atoms with Gasteiger partial charge in [0.25, 0.3) is 5.91 Å². The monoisotopic (exact) mass is 277 g/mol. The number of aliphatic hydroxyl groups excluding tert-OH is 1. The highest BCUT2D eigenvalue weighted by atomic mass is 35.5. The maximum absolute atomic E-state index is 11.9. The zero-order valence-corrected chi connectivity index (χ0v) is 10.6. The van der Waals surface area contributed by atoms with Gasteiger partial charge in [0.2, 0.25) is 9.47 Å². The lowest BCUT2D eigenvalue weighted by Crippen LogP contribution is -2.54. The lowest BCUT2D eigenvalue weighted by atomic mass is 9.91. The first-order valence-corrected chi connectivity index (χ1v) is 6.35. The van der Waals surface area contributed by atoms with E-state index >= 15 is 0 Å². The molecule has 1 aliphatic rings. The van der Waals surface area contributed by atoms with Crippen molar-refractivity contribution in [3.05, 3.63) is 9.47 Å². The lowest BCUT2D eigenvalue weighted by Gasteiger charge is -2.35. The van der Waals surface area contributed by atoms with Gasteiger partial charge in [-0.05, 0) is 24.4 Å². The van der Waals surface area contributed by atoms with E-state index in [4.69, 9.17) is 16.3 Å². The predicted octanol–water partition coefficient (Wildman–Crippen LogP) is 0.463. The number of hydrogen-bond donors (Lipinski definition) is 2. The molecule has 6 nitrogen and oxygen atoms in total. The van der Waals surface area contributed by atoms with Crippen LogP contribution in [-0.2, 0) is 4.74 Å². The second-order valence-corrected chi connectivity index (χ2v) is 5.42. The number of aliphatic hydroxyl groups is 1. The van der Waals surface area contributed by atoms with Gasteiger partial charge in [-0.3, -0.25) is 4.79 Å². The van der Waals surface area contributed by atoms with Crippen LogP contribution in [0, 0.1) is 0 Å². The van der Waals surface area contributed by atoms with E-state index in [1.54, 1.807) is 0 Å². The van der Waals surface area contributed by atoms with E-state index in [1.807, 2.05) is 0 Å². The second kappa shape index (κ2) is 5.26. The Bertz CT molecular complexity index is 406. The molecule has 0 bridgehead atoms. The lowest BCUT2D eigenvalue weighted by molar-refractivity contribution is 0.0125. The third-order valence-electron chi connectivity index (χ3n) is 2.73. The van der Waals surface area contributed by atoms with Crippen LogP contribution in [0.2, 0.25) is 4.47 Å². The van der Waals surface area contributed by atoms with Crippen molar-refractivity contribution in [2.75, 3.05) is 19.8 Å². The fourth-order valence-electron chi connectivity index (χ4n) is 1.68. The van der Waals surface area contributed by atoms with Crippen LogP contribution in [0.5, 0.6) is 0 Å². The minimum Gasteiger partial charge on any atom is -0.394 e. The molecule has 0 radical (unpaired) electrons. The number of nitrogens with zero attached hydrogens (tertiary/aromatic N) is 2. The average Bonchev–Trinajstić information content (AvgIpc) is 2.77. The van der Waals surface area contributed by atoms with E-state index < -0.39 is 5.54 Å². The Morgan fingerprint density at radius 2 is 2.24 bits per heavy atom. The summed E-state index contributed by atoms with van der Waals surface area (Å²) >= 11 is 6.62. The number of carbonyl (C=O) groups is 1. The smallest absolute Gasteiger partial charge is 0.282 e. The minimum absolute atomic E-state index is 0.116. The summed E-state index contributed by atoms with van der Waals surface area (Å²) < 4.78 is 5.43. The molecule has 1 amide bonds. The summed E-state index contributed by atoms with van der Waals surface area (Å²) in [5, 5.41) is 19.6. The normalized spacial score (nSPS) is 18.9. The molecule has 0 spiro atoms. The van der Waals surface area contributed by atoms with Gasteiger partial charge >= 0.3 is 0 Å². The van der Waals surface area contributed by atoms with Gasteiger partial charge < -0.3 is 15.2 Å². The van der Waals surface area contributed by atoms with E-state index in [-0.39, 0.29) is 22.0 Å². The number of hydrogen-bond acceptors (Lipinski definition) is 6. The third-order valence-corrected chi connectivity index (χ3v) is 3.74. The molecule has 2 N–H and O–H groups in total. The number of nitrogens with one attached hydrogen (secondary N) is 1. The van der Waals surface area contributed by atoms with Gasteiger partial charge in [0.1, 0.15) is 0 Å². The molecule has 2 heterocycles. The molecule has 0 atom stereocenters. The fraction of sp³-hybridized carbons (Fsp3) is 0.667. The van der Waals surface area contributed by atoms with E-state index in [2.05, 4.69) is 15.5 Å². The van der Waals surface area contributed by atoms with Crippen LogP contribution in [0.4, 0.5) is 0 Å². The molecular weight excluding hydrogens is 266 g/mol. The summed E-state index contributed by atoms with van der Waals surface area (Å²) in [6.45, 7) is 0.935. The topological polar surface area (TPSA) is 84.3 Å². The first-order valence-electron chi connectivity index (χ1n) is 5.15. The Hall–Kier alpha value is -0.760. The summed E-state index contributed by atoms with van der Waals surface area (Å²) in [6.07, 6.45) is 1.17. The SMILES string of the molecule is O=C(NC1(CO)CCOCC1)c1nnc(Cl)s1. The average molecular weight is 278 g/mol. The van der Waals surface area contributed by atoms with Crippen molar-refractivity contribution in [2.24, 2.45) is 0 Å². The maximum atomic E-state index is 11.9. The summed E-state index contributed by atoms with van der Waals surface area (Å²) in [5.41, 5.74) is -0.618. The van der Waals surface area contributed by atoms with E-state index in [1.165, 1.54) is 0 Å².